The van der Waals surface area contributed by atoms with Gasteiger partial charge in [0.1, 0.15) is 23.6 Å². The Bertz CT molecular complexity index is 1320. The lowest BCUT2D eigenvalue weighted by Gasteiger charge is -2.14. The van der Waals surface area contributed by atoms with Crippen molar-refractivity contribution in [1.82, 2.24) is 9.97 Å². The van der Waals surface area contributed by atoms with Gasteiger partial charge >= 0.3 is 0 Å². The minimum atomic E-state index is -0.268. The molecule has 33 heavy (non-hydrogen) atoms. The van der Waals surface area contributed by atoms with Crippen molar-refractivity contribution >= 4 is 34.0 Å². The normalized spacial score (nSPS) is 10.6. The van der Waals surface area contributed by atoms with Crippen LogP contribution in [-0.2, 0) is 6.54 Å². The summed E-state index contributed by atoms with van der Waals surface area (Å²) in [5.74, 6) is 1.77. The molecule has 0 atom stereocenters. The standard InChI is InChI=1S/C25H25N5O3/c1-15-7-9-17(26)11-21(15)30-25(31)20-6-4-5-19-23(20)28-14-29-24(19)27-13-16-8-10-18(32-2)12-22(16)33-3/h4-12,14H,13,26H2,1-3H3,(H,30,31)(H,27,28,29). The zero-order valence-electron chi connectivity index (χ0n) is 18.7. The summed E-state index contributed by atoms with van der Waals surface area (Å²) in [5.41, 5.74) is 9.98. The maximum absolute atomic E-state index is 13.1. The minimum Gasteiger partial charge on any atom is -0.497 e. The molecule has 0 saturated carbocycles. The molecule has 0 saturated heterocycles. The fourth-order valence-corrected chi connectivity index (χ4v) is 3.55. The van der Waals surface area contributed by atoms with Gasteiger partial charge in [-0.2, -0.15) is 0 Å². The van der Waals surface area contributed by atoms with Crippen LogP contribution in [0.5, 0.6) is 11.5 Å². The fraction of sp³-hybridized carbons (Fsp3) is 0.160. The predicted molar refractivity (Wildman–Crippen MR) is 130 cm³/mol. The molecular formula is C25H25N5O3. The zero-order valence-corrected chi connectivity index (χ0v) is 18.7. The number of rotatable bonds is 7. The van der Waals surface area contributed by atoms with Gasteiger partial charge in [-0.25, -0.2) is 9.97 Å². The third-order valence-electron chi connectivity index (χ3n) is 5.36. The highest BCUT2D eigenvalue weighted by Gasteiger charge is 2.15. The van der Waals surface area contributed by atoms with Crippen LogP contribution in [0.3, 0.4) is 0 Å². The number of nitrogens with one attached hydrogen (secondary N) is 2. The van der Waals surface area contributed by atoms with Crippen LogP contribution in [0.15, 0.2) is 60.9 Å². The highest BCUT2D eigenvalue weighted by Crippen LogP contribution is 2.28. The van der Waals surface area contributed by atoms with Gasteiger partial charge in [-0.1, -0.05) is 12.1 Å². The van der Waals surface area contributed by atoms with E-state index in [4.69, 9.17) is 15.2 Å². The van der Waals surface area contributed by atoms with Crippen LogP contribution in [0.25, 0.3) is 10.9 Å². The van der Waals surface area contributed by atoms with E-state index in [1.54, 1.807) is 32.4 Å². The number of carbonyl (C=O) groups is 1. The number of nitrogens with zero attached hydrogens (tertiary/aromatic N) is 2. The third-order valence-corrected chi connectivity index (χ3v) is 5.36. The van der Waals surface area contributed by atoms with Gasteiger partial charge in [0, 0.05) is 34.9 Å². The highest BCUT2D eigenvalue weighted by molar-refractivity contribution is 6.13. The molecule has 0 fully saturated rings. The first-order chi connectivity index (χ1) is 16.0. The summed E-state index contributed by atoms with van der Waals surface area (Å²) in [6.07, 6.45) is 1.44. The molecule has 1 amide bonds. The number of hydrogen-bond donors (Lipinski definition) is 3. The van der Waals surface area contributed by atoms with E-state index in [1.165, 1.54) is 6.33 Å². The minimum absolute atomic E-state index is 0.268. The predicted octanol–water partition coefficient (Wildman–Crippen LogP) is 4.40. The van der Waals surface area contributed by atoms with E-state index in [9.17, 15) is 4.79 Å². The lowest BCUT2D eigenvalue weighted by Crippen LogP contribution is -2.14. The molecule has 0 unspecified atom stereocenters. The molecule has 0 bridgehead atoms. The Balaban J connectivity index is 1.61. The number of fused-ring (bicyclic) bond motifs is 1. The first-order valence-electron chi connectivity index (χ1n) is 10.4. The summed E-state index contributed by atoms with van der Waals surface area (Å²) in [4.78, 5) is 21.8. The molecule has 0 aliphatic rings. The quantitative estimate of drug-likeness (QED) is 0.363. The molecule has 3 aromatic carbocycles. The number of benzene rings is 3. The van der Waals surface area contributed by atoms with Crippen molar-refractivity contribution in [2.24, 2.45) is 0 Å². The second-order valence-corrected chi connectivity index (χ2v) is 7.48. The Kier molecular flexibility index (Phi) is 6.26. The first-order valence-corrected chi connectivity index (χ1v) is 10.4. The molecule has 0 aliphatic carbocycles. The van der Waals surface area contributed by atoms with Crippen LogP contribution in [0, 0.1) is 6.92 Å². The number of methoxy groups -OCH3 is 2. The Morgan fingerprint density at radius 1 is 1.03 bits per heavy atom. The largest absolute Gasteiger partial charge is 0.497 e. The smallest absolute Gasteiger partial charge is 0.257 e. The number of carbonyl (C=O) groups excluding carboxylic acids is 1. The van der Waals surface area contributed by atoms with Crippen molar-refractivity contribution in [3.63, 3.8) is 0 Å². The van der Waals surface area contributed by atoms with Crippen LogP contribution in [0.4, 0.5) is 17.2 Å². The van der Waals surface area contributed by atoms with Gasteiger partial charge in [0.15, 0.2) is 0 Å². The van der Waals surface area contributed by atoms with Crippen molar-refractivity contribution < 1.29 is 14.3 Å². The van der Waals surface area contributed by atoms with Crippen LogP contribution in [0.2, 0.25) is 0 Å². The zero-order chi connectivity index (χ0) is 23.4. The van der Waals surface area contributed by atoms with E-state index in [0.717, 1.165) is 16.5 Å². The van der Waals surface area contributed by atoms with E-state index in [2.05, 4.69) is 20.6 Å². The molecule has 4 rings (SSSR count). The van der Waals surface area contributed by atoms with Gasteiger partial charge in [-0.05, 0) is 48.9 Å². The number of ether oxygens (including phenoxy) is 2. The number of aryl methyl sites for hydroxylation is 1. The number of para-hydroxylation sites is 1. The van der Waals surface area contributed by atoms with Crippen LogP contribution in [0.1, 0.15) is 21.5 Å². The second-order valence-electron chi connectivity index (χ2n) is 7.48. The van der Waals surface area contributed by atoms with Crippen molar-refractivity contribution in [3.05, 3.63) is 77.6 Å². The third kappa shape index (κ3) is 4.64. The van der Waals surface area contributed by atoms with E-state index in [0.29, 0.717) is 46.3 Å². The van der Waals surface area contributed by atoms with E-state index in [1.807, 2.05) is 43.3 Å². The van der Waals surface area contributed by atoms with E-state index < -0.39 is 0 Å². The highest BCUT2D eigenvalue weighted by atomic mass is 16.5. The van der Waals surface area contributed by atoms with Crippen LogP contribution < -0.4 is 25.8 Å². The number of nitrogen functional groups attached to an aromatic ring is 1. The monoisotopic (exact) mass is 443 g/mol. The average molecular weight is 444 g/mol. The molecule has 8 heteroatoms. The SMILES string of the molecule is COc1ccc(CNc2ncnc3c(C(=O)Nc4cc(N)ccc4C)cccc23)c(OC)c1. The Hall–Kier alpha value is -4.33. The Morgan fingerprint density at radius 3 is 2.67 bits per heavy atom. The molecule has 4 aromatic rings. The molecule has 168 valence electrons. The van der Waals surface area contributed by atoms with Crippen molar-refractivity contribution in [2.75, 3.05) is 30.6 Å². The van der Waals surface area contributed by atoms with Crippen molar-refractivity contribution in [3.8, 4) is 11.5 Å². The first kappa shape index (κ1) is 21.9. The summed E-state index contributed by atoms with van der Waals surface area (Å²) < 4.78 is 10.7. The lowest BCUT2D eigenvalue weighted by molar-refractivity contribution is 0.102. The summed E-state index contributed by atoms with van der Waals surface area (Å²) in [6, 6.07) is 16.5. The van der Waals surface area contributed by atoms with Gasteiger partial charge < -0.3 is 25.8 Å². The van der Waals surface area contributed by atoms with Crippen molar-refractivity contribution in [1.29, 1.82) is 0 Å². The lowest BCUT2D eigenvalue weighted by atomic mass is 10.1. The molecule has 1 heterocycles. The van der Waals surface area contributed by atoms with Crippen molar-refractivity contribution in [2.45, 2.75) is 13.5 Å². The summed E-state index contributed by atoms with van der Waals surface area (Å²) in [5, 5.41) is 7.00. The Labute approximate surface area is 191 Å². The summed E-state index contributed by atoms with van der Waals surface area (Å²) in [7, 11) is 3.23. The Morgan fingerprint density at radius 2 is 1.88 bits per heavy atom. The topological polar surface area (TPSA) is 111 Å². The van der Waals surface area contributed by atoms with Gasteiger partial charge in [-0.3, -0.25) is 4.79 Å². The molecule has 0 radical (unpaired) electrons. The molecule has 4 N–H and O–H groups in total. The van der Waals surface area contributed by atoms with Gasteiger partial charge in [-0.15, -0.1) is 0 Å². The maximum Gasteiger partial charge on any atom is 0.257 e. The number of amides is 1. The number of aromatic nitrogens is 2. The number of nitrogens with two attached hydrogens (primary N) is 1. The van der Waals surface area contributed by atoms with Gasteiger partial charge in [0.2, 0.25) is 0 Å². The van der Waals surface area contributed by atoms with Gasteiger partial charge in [0.05, 0.1) is 25.3 Å². The molecule has 8 nitrogen and oxygen atoms in total. The van der Waals surface area contributed by atoms with E-state index in [-0.39, 0.29) is 5.91 Å². The summed E-state index contributed by atoms with van der Waals surface area (Å²) >= 11 is 0. The van der Waals surface area contributed by atoms with Crippen LogP contribution >= 0.6 is 0 Å². The number of anilines is 3. The molecular weight excluding hydrogens is 418 g/mol. The molecule has 1 aromatic heterocycles. The average Bonchev–Trinajstić information content (AvgIpc) is 2.84. The summed E-state index contributed by atoms with van der Waals surface area (Å²) in [6.45, 7) is 2.38. The van der Waals surface area contributed by atoms with Gasteiger partial charge in [0.25, 0.3) is 5.91 Å². The van der Waals surface area contributed by atoms with Crippen LogP contribution in [-0.4, -0.2) is 30.1 Å². The molecule has 0 spiro atoms. The molecule has 0 aliphatic heterocycles. The fourth-order valence-electron chi connectivity index (χ4n) is 3.55. The maximum atomic E-state index is 13.1. The second kappa shape index (κ2) is 9.44. The van der Waals surface area contributed by atoms with E-state index >= 15 is 0 Å². The number of hydrogen-bond acceptors (Lipinski definition) is 7.